The molecule has 102 heavy (non-hydrogen) atoms. The first-order valence-electron chi connectivity index (χ1n) is 31.9. The van der Waals surface area contributed by atoms with Gasteiger partial charge >= 0.3 is 0 Å². The van der Waals surface area contributed by atoms with E-state index in [2.05, 4.69) is 90.0 Å². The average Bonchev–Trinajstić information content (AvgIpc) is 1.63. The molecule has 17 aromatic rings. The van der Waals surface area contributed by atoms with Crippen molar-refractivity contribution >= 4 is 117 Å². The van der Waals surface area contributed by atoms with Crippen molar-refractivity contribution < 1.29 is 34.0 Å². The van der Waals surface area contributed by atoms with E-state index in [0.717, 1.165) is 39.0 Å². The van der Waals surface area contributed by atoms with Crippen LogP contribution in [-0.4, -0.2) is 142 Å². The van der Waals surface area contributed by atoms with Gasteiger partial charge in [-0.15, -0.1) is 0 Å². The van der Waals surface area contributed by atoms with Gasteiger partial charge in [-0.05, 0) is 113 Å². The Morgan fingerprint density at radius 2 is 0.922 bits per heavy atom. The molecule has 13 heterocycles. The van der Waals surface area contributed by atoms with Crippen molar-refractivity contribution in [2.75, 3.05) is 30.0 Å². The Balaban J connectivity index is 0.000000115. The normalized spacial score (nSPS) is 11.6. The number of imidazole rings is 1. The number of nitrogen functional groups attached to an aromatic ring is 4. The Bertz CT molecular complexity index is 6030. The van der Waals surface area contributed by atoms with Crippen LogP contribution in [0.25, 0.3) is 133 Å². The number of nitrogens with one attached hydrogen (secondary N) is 5. The molecule has 0 saturated heterocycles. The largest absolute Gasteiger partial charge is 0.508 e. The van der Waals surface area contributed by atoms with E-state index in [1.54, 1.807) is 75.8 Å². The number of H-pyrrole nitrogens is 4. The zero-order valence-electron chi connectivity index (χ0n) is 55.3. The topological polar surface area (TPSA) is 469 Å². The molecule has 0 unspecified atom stereocenters. The molecule has 0 saturated carbocycles. The van der Waals surface area contributed by atoms with E-state index in [-0.39, 0.29) is 41.3 Å². The van der Waals surface area contributed by atoms with E-state index in [9.17, 15) is 34.0 Å². The summed E-state index contributed by atoms with van der Waals surface area (Å²) in [6, 6.07) is 23.1. The summed E-state index contributed by atoms with van der Waals surface area (Å²) >= 11 is 0. The third-order valence-corrected chi connectivity index (χ3v) is 17.1. The monoisotopic (exact) mass is 1380 g/mol. The molecule has 17 rings (SSSR count). The van der Waals surface area contributed by atoms with Crippen LogP contribution in [0, 0.1) is 18.6 Å². The summed E-state index contributed by atoms with van der Waals surface area (Å²) in [6.07, 6.45) is 9.62. The van der Waals surface area contributed by atoms with Crippen LogP contribution in [0.5, 0.6) is 23.0 Å². The molecule has 32 nitrogen and oxygen atoms in total. The van der Waals surface area contributed by atoms with Crippen LogP contribution in [-0.2, 0) is 24.4 Å². The molecule has 4 aromatic carbocycles. The summed E-state index contributed by atoms with van der Waals surface area (Å²) in [5, 5.41) is 64.9. The number of benzene rings is 4. The summed E-state index contributed by atoms with van der Waals surface area (Å²) in [4.78, 5) is 62.2. The Labute approximate surface area is 573 Å². The molecule has 516 valence electrons. The molecule has 34 heteroatoms. The highest BCUT2D eigenvalue weighted by Gasteiger charge is 2.25. The number of aryl methyl sites for hydroxylation is 4. The van der Waals surface area contributed by atoms with Crippen LogP contribution in [0.1, 0.15) is 52.0 Å². The summed E-state index contributed by atoms with van der Waals surface area (Å²) < 4.78 is 36.7. The van der Waals surface area contributed by atoms with Crippen molar-refractivity contribution in [3.63, 3.8) is 0 Å². The maximum absolute atomic E-state index is 14.1. The molecular formula is C68H65F2N27O5. The highest BCUT2D eigenvalue weighted by Crippen LogP contribution is 2.39. The Kier molecular flexibility index (Phi) is 16.8. The van der Waals surface area contributed by atoms with Crippen LogP contribution in [0.3, 0.4) is 0 Å². The molecule has 0 aliphatic heterocycles. The fourth-order valence-electron chi connectivity index (χ4n) is 12.1. The number of hydrogen-bond acceptors (Lipinski definition) is 22. The molecule has 0 bridgehead atoms. The molecule has 1 amide bonds. The van der Waals surface area contributed by atoms with Gasteiger partial charge in [0.25, 0.3) is 0 Å². The van der Waals surface area contributed by atoms with Gasteiger partial charge in [-0.25, -0.2) is 72.4 Å². The Hall–Kier alpha value is -13.8. The quantitative estimate of drug-likeness (QED) is 0.0541. The first-order valence-corrected chi connectivity index (χ1v) is 31.9. The van der Waals surface area contributed by atoms with Crippen LogP contribution in [0.4, 0.5) is 32.1 Å². The van der Waals surface area contributed by atoms with Gasteiger partial charge < -0.3 is 73.2 Å². The van der Waals surface area contributed by atoms with Crippen LogP contribution in [0.2, 0.25) is 0 Å². The number of halogens is 2. The Morgan fingerprint density at radius 1 is 0.490 bits per heavy atom. The van der Waals surface area contributed by atoms with Crippen molar-refractivity contribution in [1.82, 2.24) is 114 Å². The standard InChI is InChI=1S/C19H18N8O.C17H17N7O2.2C16H15FN6O/c1-11-21-4-5-26(11)6-7-27-19-16(18(20)22-10-23-19)17(25-27)15-9-12-8-13(28)2-3-14(12)24-15;1-19-13(26)4-5-24-17-14(16(18)20-8-21-17)15(23-24)12-7-9-6-10(25)2-3-11(9)22-12;1-7(2)23-16-13(15(18)19-6-20-16)14(22-23)11-3-8-4-12(24)9(17)5-10(8)21-11;1-7(2)23-16-12(15(18)19-6-20-16)14(22-23)10-5-8-9(21-10)3-4-11(24)13(8)17/h2-5,8-10,24,28H,6-7H2,1H3,(H2,20,22,23);2-3,6-8,22,25H,4-5H2,1H3,(H,19,26)(H2,18,20,21);2*3-7,21,24H,1-2H3,(H2,18,19,20). The van der Waals surface area contributed by atoms with E-state index in [1.807, 2.05) is 63.7 Å². The lowest BCUT2D eigenvalue weighted by molar-refractivity contribution is -0.120. The number of rotatable bonds is 12. The maximum Gasteiger partial charge on any atom is 0.221 e. The van der Waals surface area contributed by atoms with Crippen LogP contribution < -0.4 is 28.3 Å². The molecule has 0 aliphatic carbocycles. The SMILES string of the molecule is CC(C)n1nc(-c2cc3c(F)c(O)ccc3[nH]2)c2c(N)ncnc21.CC(C)n1nc(-c2cc3cc(O)c(F)cc3[nH]2)c2c(N)ncnc21.CNC(=O)CCn1nc(-c2cc3cc(O)ccc3[nH]2)c2c(N)ncnc21.Cc1nccn1CCn1nc(-c2cc3cc(O)ccc3[nH]2)c2c(N)ncnc21. The number of aromatic hydroxyl groups is 4. The fourth-order valence-corrected chi connectivity index (χ4v) is 12.1. The molecule has 0 aliphatic rings. The minimum absolute atomic E-state index is 0.0701. The number of carbonyl (C=O) groups excluding carboxylic acids is 1. The van der Waals surface area contributed by atoms with Crippen molar-refractivity contribution in [2.45, 2.75) is 72.8 Å². The predicted octanol–water partition coefficient (Wildman–Crippen LogP) is 9.83. The van der Waals surface area contributed by atoms with Gasteiger partial charge in [0.05, 0.1) is 57.4 Å². The van der Waals surface area contributed by atoms with Gasteiger partial charge in [0.1, 0.15) is 88.7 Å². The van der Waals surface area contributed by atoms with E-state index < -0.39 is 23.1 Å². The Morgan fingerprint density at radius 3 is 1.40 bits per heavy atom. The lowest BCUT2D eigenvalue weighted by Gasteiger charge is -2.05. The smallest absolute Gasteiger partial charge is 0.221 e. The lowest BCUT2D eigenvalue weighted by atomic mass is 10.2. The van der Waals surface area contributed by atoms with Crippen molar-refractivity contribution in [2.24, 2.45) is 0 Å². The van der Waals surface area contributed by atoms with Gasteiger partial charge in [-0.1, -0.05) is 0 Å². The van der Waals surface area contributed by atoms with Gasteiger partial charge in [-0.2, -0.15) is 20.4 Å². The molecule has 0 fully saturated rings. The average molecular weight is 1380 g/mol. The summed E-state index contributed by atoms with van der Waals surface area (Å²) in [6.45, 7) is 11.6. The highest BCUT2D eigenvalue weighted by atomic mass is 19.1. The molecule has 0 spiro atoms. The molecule has 13 aromatic heterocycles. The number of fused-ring (bicyclic) bond motifs is 8. The van der Waals surface area contributed by atoms with Gasteiger partial charge in [-0.3, -0.25) is 4.79 Å². The molecule has 0 atom stereocenters. The summed E-state index contributed by atoms with van der Waals surface area (Å²) in [5.41, 5.74) is 34.9. The number of hydrogen-bond donors (Lipinski definition) is 13. The second-order valence-corrected chi connectivity index (χ2v) is 24.4. The summed E-state index contributed by atoms with van der Waals surface area (Å²) in [5.74, 6) is 0.450. The van der Waals surface area contributed by atoms with Crippen LogP contribution in [0.15, 0.2) is 123 Å². The van der Waals surface area contributed by atoms with E-state index >= 15 is 0 Å². The lowest BCUT2D eigenvalue weighted by Crippen LogP contribution is -2.19. The highest BCUT2D eigenvalue weighted by molar-refractivity contribution is 6.04. The van der Waals surface area contributed by atoms with E-state index in [1.165, 1.54) is 43.5 Å². The molecule has 0 radical (unpaired) electrons. The molecular weight excluding hydrogens is 1310 g/mol. The zero-order chi connectivity index (χ0) is 71.5. The molecule has 17 N–H and O–H groups in total. The van der Waals surface area contributed by atoms with Crippen LogP contribution >= 0.6 is 0 Å². The number of phenolic OH excluding ortho intramolecular Hbond substituents is 4. The minimum atomic E-state index is -0.684. The van der Waals surface area contributed by atoms with Gasteiger partial charge in [0.2, 0.25) is 5.91 Å². The maximum atomic E-state index is 14.1. The first-order chi connectivity index (χ1) is 49.1. The fraction of sp³-hybridized carbons (Fsp3) is 0.176. The number of aromatic nitrogens is 22. The number of nitrogens with two attached hydrogens (primary N) is 4. The van der Waals surface area contributed by atoms with Crippen molar-refractivity contribution in [3.05, 3.63) is 140 Å². The number of aromatic amines is 4. The second kappa shape index (κ2) is 26.2. The first kappa shape index (κ1) is 65.5. The number of anilines is 4. The third-order valence-electron chi connectivity index (χ3n) is 17.1. The summed E-state index contributed by atoms with van der Waals surface area (Å²) in [7, 11) is 1.59. The minimum Gasteiger partial charge on any atom is -0.508 e. The predicted molar refractivity (Wildman–Crippen MR) is 381 cm³/mol. The zero-order valence-corrected chi connectivity index (χ0v) is 55.3. The van der Waals surface area contributed by atoms with Crippen molar-refractivity contribution in [1.29, 1.82) is 0 Å². The van der Waals surface area contributed by atoms with E-state index in [4.69, 9.17) is 28.0 Å². The number of phenols is 4. The van der Waals surface area contributed by atoms with Crippen molar-refractivity contribution in [3.8, 4) is 68.5 Å². The number of amides is 1. The van der Waals surface area contributed by atoms with Gasteiger partial charge in [0.15, 0.2) is 45.7 Å². The van der Waals surface area contributed by atoms with Gasteiger partial charge in [0, 0.05) is 94.2 Å². The number of nitrogens with zero attached hydrogens (tertiary/aromatic N) is 18. The van der Waals surface area contributed by atoms with E-state index in [0.29, 0.717) is 138 Å². The number of carbonyl (C=O) groups is 1. The third kappa shape index (κ3) is 12.1. The second-order valence-electron chi connectivity index (χ2n) is 24.4.